The molecule has 2 amide bonds. The summed E-state index contributed by atoms with van der Waals surface area (Å²) >= 11 is 0. The van der Waals surface area contributed by atoms with Crippen molar-refractivity contribution in [1.82, 2.24) is 15.1 Å². The summed E-state index contributed by atoms with van der Waals surface area (Å²) in [4.78, 5) is 27.9. The summed E-state index contributed by atoms with van der Waals surface area (Å²) in [6.07, 6.45) is 1.09. The van der Waals surface area contributed by atoms with Crippen LogP contribution in [0.2, 0.25) is 0 Å². The standard InChI is InChI=1S/C15H27N3O2/c1-15(2,3)12-10-14(20)18(11-12)7-4-13(19)17-8-5-16-6-9-17/h12,16H,4-11H2,1-3H3. The van der Waals surface area contributed by atoms with Crippen LogP contribution in [0.4, 0.5) is 0 Å². The minimum atomic E-state index is 0.160. The van der Waals surface area contributed by atoms with Gasteiger partial charge in [-0.05, 0) is 11.3 Å². The number of nitrogens with zero attached hydrogens (tertiary/aromatic N) is 2. The van der Waals surface area contributed by atoms with Crippen molar-refractivity contribution in [1.29, 1.82) is 0 Å². The second-order valence-corrected chi connectivity index (χ2v) is 6.99. The Morgan fingerprint density at radius 3 is 2.50 bits per heavy atom. The zero-order chi connectivity index (χ0) is 14.8. The zero-order valence-corrected chi connectivity index (χ0v) is 12.9. The first-order valence-electron chi connectivity index (χ1n) is 7.64. The molecule has 20 heavy (non-hydrogen) atoms. The molecule has 114 valence electrons. The van der Waals surface area contributed by atoms with Gasteiger partial charge in [0.25, 0.3) is 0 Å². The predicted octanol–water partition coefficient (Wildman–Crippen LogP) is 0.703. The van der Waals surface area contributed by atoms with Crippen molar-refractivity contribution >= 4 is 11.8 Å². The molecule has 0 bridgehead atoms. The van der Waals surface area contributed by atoms with Gasteiger partial charge in [0.05, 0.1) is 0 Å². The van der Waals surface area contributed by atoms with Gasteiger partial charge in [-0.25, -0.2) is 0 Å². The number of likely N-dealkylation sites (tertiary alicyclic amines) is 1. The van der Waals surface area contributed by atoms with Gasteiger partial charge in [0, 0.05) is 52.1 Å². The fourth-order valence-electron chi connectivity index (χ4n) is 2.87. The van der Waals surface area contributed by atoms with Crippen LogP contribution in [0.25, 0.3) is 0 Å². The summed E-state index contributed by atoms with van der Waals surface area (Å²) in [5.74, 6) is 0.792. The minimum absolute atomic E-state index is 0.160. The van der Waals surface area contributed by atoms with Crippen molar-refractivity contribution in [2.75, 3.05) is 39.3 Å². The van der Waals surface area contributed by atoms with Gasteiger partial charge < -0.3 is 15.1 Å². The zero-order valence-electron chi connectivity index (χ0n) is 12.9. The van der Waals surface area contributed by atoms with Gasteiger partial charge in [-0.2, -0.15) is 0 Å². The third-order valence-electron chi connectivity index (χ3n) is 4.50. The van der Waals surface area contributed by atoms with E-state index in [1.54, 1.807) is 0 Å². The van der Waals surface area contributed by atoms with E-state index in [4.69, 9.17) is 0 Å². The molecule has 0 aromatic heterocycles. The number of rotatable bonds is 3. The number of nitrogens with one attached hydrogen (secondary N) is 1. The molecular formula is C15H27N3O2. The topological polar surface area (TPSA) is 52.7 Å². The lowest BCUT2D eigenvalue weighted by Gasteiger charge is -2.29. The highest BCUT2D eigenvalue weighted by molar-refractivity contribution is 5.80. The van der Waals surface area contributed by atoms with E-state index < -0.39 is 0 Å². The Bertz CT molecular complexity index is 370. The molecule has 2 aliphatic heterocycles. The fourth-order valence-corrected chi connectivity index (χ4v) is 2.87. The van der Waals surface area contributed by atoms with Crippen molar-refractivity contribution in [3.8, 4) is 0 Å². The second kappa shape index (κ2) is 6.12. The lowest BCUT2D eigenvalue weighted by Crippen LogP contribution is -2.47. The first-order valence-corrected chi connectivity index (χ1v) is 7.64. The maximum absolute atomic E-state index is 12.1. The van der Waals surface area contributed by atoms with Gasteiger partial charge in [-0.1, -0.05) is 20.8 Å². The number of amides is 2. The number of carbonyl (C=O) groups excluding carboxylic acids is 2. The van der Waals surface area contributed by atoms with Crippen LogP contribution in [0.3, 0.4) is 0 Å². The summed E-state index contributed by atoms with van der Waals surface area (Å²) in [6.45, 7) is 11.3. The molecular weight excluding hydrogens is 254 g/mol. The van der Waals surface area contributed by atoms with Gasteiger partial charge >= 0.3 is 0 Å². The molecule has 0 aromatic carbocycles. The average molecular weight is 281 g/mol. The highest BCUT2D eigenvalue weighted by atomic mass is 16.2. The van der Waals surface area contributed by atoms with Crippen molar-refractivity contribution < 1.29 is 9.59 Å². The SMILES string of the molecule is CC(C)(C)C1CC(=O)N(CCC(=O)N2CCNCC2)C1. The van der Waals surface area contributed by atoms with Crippen molar-refractivity contribution in [3.63, 3.8) is 0 Å². The Balaban J connectivity index is 1.79. The number of piperazine rings is 1. The second-order valence-electron chi connectivity index (χ2n) is 6.99. The van der Waals surface area contributed by atoms with Crippen LogP contribution in [-0.4, -0.2) is 60.9 Å². The first kappa shape index (κ1) is 15.3. The normalized spacial score (nSPS) is 24.4. The molecule has 2 rings (SSSR count). The lowest BCUT2D eigenvalue weighted by molar-refractivity contribution is -0.133. The van der Waals surface area contributed by atoms with Gasteiger partial charge in [0.2, 0.25) is 11.8 Å². The van der Waals surface area contributed by atoms with Crippen molar-refractivity contribution in [2.45, 2.75) is 33.6 Å². The molecule has 2 fully saturated rings. The van der Waals surface area contributed by atoms with Crippen LogP contribution < -0.4 is 5.32 Å². The van der Waals surface area contributed by atoms with Crippen LogP contribution in [0, 0.1) is 11.3 Å². The van der Waals surface area contributed by atoms with E-state index in [-0.39, 0.29) is 17.2 Å². The number of hydrogen-bond donors (Lipinski definition) is 1. The molecule has 0 aliphatic carbocycles. The van der Waals surface area contributed by atoms with Gasteiger partial charge in [-0.3, -0.25) is 9.59 Å². The van der Waals surface area contributed by atoms with Crippen LogP contribution in [-0.2, 0) is 9.59 Å². The van der Waals surface area contributed by atoms with Crippen LogP contribution in [0.5, 0.6) is 0 Å². The highest BCUT2D eigenvalue weighted by Gasteiger charge is 2.36. The summed E-state index contributed by atoms with van der Waals surface area (Å²) < 4.78 is 0. The maximum atomic E-state index is 12.1. The van der Waals surface area contributed by atoms with Crippen molar-refractivity contribution in [3.05, 3.63) is 0 Å². The summed E-state index contributed by atoms with van der Waals surface area (Å²) in [5.41, 5.74) is 0.160. The molecule has 1 atom stereocenters. The molecule has 0 radical (unpaired) electrons. The fraction of sp³-hybridized carbons (Fsp3) is 0.867. The molecule has 2 heterocycles. The Labute approximate surface area is 121 Å². The molecule has 5 nitrogen and oxygen atoms in total. The molecule has 1 N–H and O–H groups in total. The Morgan fingerprint density at radius 1 is 1.30 bits per heavy atom. The van der Waals surface area contributed by atoms with Gasteiger partial charge in [-0.15, -0.1) is 0 Å². The van der Waals surface area contributed by atoms with E-state index >= 15 is 0 Å². The summed E-state index contributed by atoms with van der Waals surface area (Å²) in [5, 5.41) is 3.24. The van der Waals surface area contributed by atoms with Crippen LogP contribution >= 0.6 is 0 Å². The van der Waals surface area contributed by atoms with E-state index in [1.165, 1.54) is 0 Å². The molecule has 2 aliphatic rings. The number of hydrogen-bond acceptors (Lipinski definition) is 3. The maximum Gasteiger partial charge on any atom is 0.224 e. The molecule has 0 aromatic rings. The quantitative estimate of drug-likeness (QED) is 0.828. The van der Waals surface area contributed by atoms with Gasteiger partial charge in [0.1, 0.15) is 0 Å². The van der Waals surface area contributed by atoms with Crippen LogP contribution in [0.1, 0.15) is 33.6 Å². The third-order valence-corrected chi connectivity index (χ3v) is 4.50. The van der Waals surface area contributed by atoms with E-state index in [0.717, 1.165) is 32.7 Å². The lowest BCUT2D eigenvalue weighted by atomic mass is 9.80. The Hall–Kier alpha value is -1.10. The Morgan fingerprint density at radius 2 is 1.95 bits per heavy atom. The smallest absolute Gasteiger partial charge is 0.224 e. The van der Waals surface area contributed by atoms with Gasteiger partial charge in [0.15, 0.2) is 0 Å². The third kappa shape index (κ3) is 3.72. The molecule has 1 unspecified atom stereocenters. The largest absolute Gasteiger partial charge is 0.342 e. The predicted molar refractivity (Wildman–Crippen MR) is 78.2 cm³/mol. The van der Waals surface area contributed by atoms with E-state index in [2.05, 4.69) is 26.1 Å². The highest BCUT2D eigenvalue weighted by Crippen LogP contribution is 2.34. The van der Waals surface area contributed by atoms with Crippen LogP contribution in [0.15, 0.2) is 0 Å². The molecule has 5 heteroatoms. The first-order chi connectivity index (χ1) is 9.38. The molecule has 0 saturated carbocycles. The Kier molecular flexibility index (Phi) is 4.68. The molecule has 0 spiro atoms. The van der Waals surface area contributed by atoms with E-state index in [0.29, 0.717) is 25.3 Å². The van der Waals surface area contributed by atoms with Crippen molar-refractivity contribution in [2.24, 2.45) is 11.3 Å². The average Bonchev–Trinajstić information content (AvgIpc) is 2.78. The minimum Gasteiger partial charge on any atom is -0.342 e. The monoisotopic (exact) mass is 281 g/mol. The molecule has 2 saturated heterocycles. The summed E-state index contributed by atoms with van der Waals surface area (Å²) in [7, 11) is 0. The summed E-state index contributed by atoms with van der Waals surface area (Å²) in [6, 6.07) is 0. The van der Waals surface area contributed by atoms with E-state index in [1.807, 2.05) is 9.80 Å². The van der Waals surface area contributed by atoms with E-state index in [9.17, 15) is 9.59 Å². The number of carbonyl (C=O) groups is 2.